The number of allylic oxidation sites excluding steroid dienone is 1. The molecule has 0 bridgehead atoms. The molecule has 0 radical (unpaired) electrons. The van der Waals surface area contributed by atoms with Crippen molar-refractivity contribution in [1.82, 2.24) is 4.90 Å². The monoisotopic (exact) mass is 401 g/mol. The number of phenols is 1. The van der Waals surface area contributed by atoms with Crippen LogP contribution in [0, 0.1) is 6.92 Å². The second-order valence-electron chi connectivity index (χ2n) is 5.90. The van der Waals surface area contributed by atoms with E-state index in [1.807, 2.05) is 0 Å². The Labute approximate surface area is 195 Å². The molecule has 0 saturated carbocycles. The summed E-state index contributed by atoms with van der Waals surface area (Å²) in [5.41, 5.74) is 6.48. The molecule has 4 N–H and O–H groups in total. The van der Waals surface area contributed by atoms with Gasteiger partial charge >= 0.3 is 51.4 Å². The van der Waals surface area contributed by atoms with E-state index in [9.17, 15) is 23.5 Å². The van der Waals surface area contributed by atoms with Gasteiger partial charge in [-0.2, -0.15) is 0 Å². The van der Waals surface area contributed by atoms with Crippen LogP contribution < -0.4 is 62.4 Å². The predicted molar refractivity (Wildman–Crippen MR) is 90.2 cm³/mol. The number of carbonyl (C=O) groups is 2. The van der Waals surface area contributed by atoms with E-state index in [1.165, 1.54) is 23.2 Å². The van der Waals surface area contributed by atoms with E-state index in [1.54, 1.807) is 13.0 Å². The molecule has 1 aromatic carbocycles. The summed E-state index contributed by atoms with van der Waals surface area (Å²) in [4.78, 5) is 25.0. The molecule has 3 unspecified atom stereocenters. The summed E-state index contributed by atoms with van der Waals surface area (Å²) < 4.78 is 23.5. The first-order chi connectivity index (χ1) is 11.8. The first kappa shape index (κ1) is 21.3. The van der Waals surface area contributed by atoms with Gasteiger partial charge in [0.2, 0.25) is 5.91 Å². The fraction of sp³-hybridized carbons (Fsp3) is 0.250. The van der Waals surface area contributed by atoms with E-state index in [0.29, 0.717) is 11.1 Å². The van der Waals surface area contributed by atoms with Crippen LogP contribution in [-0.4, -0.2) is 42.0 Å². The topological polar surface area (TPSA) is 136 Å². The Kier molecular flexibility index (Phi) is 6.83. The van der Waals surface area contributed by atoms with Crippen molar-refractivity contribution in [1.29, 1.82) is 0 Å². The zero-order chi connectivity index (χ0) is 18.3. The second kappa shape index (κ2) is 8.34. The normalized spacial score (nSPS) is 22.6. The molecule has 2 aliphatic heterocycles. The van der Waals surface area contributed by atoms with Gasteiger partial charge in [-0.15, -0.1) is 0 Å². The summed E-state index contributed by atoms with van der Waals surface area (Å²) in [5.74, 6) is -1.22. The van der Waals surface area contributed by atoms with Crippen molar-refractivity contribution in [2.75, 3.05) is 5.32 Å². The van der Waals surface area contributed by atoms with Crippen molar-refractivity contribution in [3.63, 3.8) is 0 Å². The quantitative estimate of drug-likeness (QED) is 0.221. The Balaban J connectivity index is 0.00000243. The molecule has 132 valence electrons. The number of hydrogen-bond acceptors (Lipinski definition) is 6. The minimum absolute atomic E-state index is 0. The molecule has 8 nitrogen and oxygen atoms in total. The van der Waals surface area contributed by atoms with Crippen LogP contribution in [0.4, 0.5) is 5.69 Å². The second-order valence-corrected chi connectivity index (χ2v) is 6.93. The molecule has 10 heteroatoms. The number of fused-ring (bicyclic) bond motifs is 2. The number of aromatic hydroxyl groups is 1. The zero-order valence-electron chi connectivity index (χ0n) is 14.3. The number of aryl methyl sites for hydroxylation is 1. The number of nitrogens with two attached hydrogens (primary N) is 1. The van der Waals surface area contributed by atoms with Crippen molar-refractivity contribution in [2.24, 2.45) is 5.73 Å². The number of nitrogens with one attached hydrogen (secondary N) is 1. The van der Waals surface area contributed by atoms with Gasteiger partial charge in [0.25, 0.3) is 5.91 Å². The molecule has 3 rings (SSSR count). The molecular formula is C16H16KN3O5S. The summed E-state index contributed by atoms with van der Waals surface area (Å²) >= 11 is -2.55. The Morgan fingerprint density at radius 3 is 2.81 bits per heavy atom. The van der Waals surface area contributed by atoms with Gasteiger partial charge in [-0.1, -0.05) is 12.1 Å². The van der Waals surface area contributed by atoms with Gasteiger partial charge in [-0.3, -0.25) is 13.8 Å². The number of benzene rings is 1. The molecule has 1 aromatic rings. The molecule has 0 spiro atoms. The average molecular weight is 401 g/mol. The maximum absolute atomic E-state index is 12.8. The van der Waals surface area contributed by atoms with Crippen molar-refractivity contribution in [2.45, 2.75) is 24.8 Å². The summed E-state index contributed by atoms with van der Waals surface area (Å²) in [7, 11) is 0. The minimum atomic E-state index is -2.55. The fourth-order valence-corrected chi connectivity index (χ4v) is 3.70. The van der Waals surface area contributed by atoms with Gasteiger partial charge < -0.3 is 25.6 Å². The van der Waals surface area contributed by atoms with Crippen LogP contribution in [0.5, 0.6) is 5.75 Å². The van der Waals surface area contributed by atoms with Gasteiger partial charge in [0.15, 0.2) is 0 Å². The van der Waals surface area contributed by atoms with Crippen LogP contribution in [0.1, 0.15) is 22.3 Å². The maximum atomic E-state index is 12.8. The third-order valence-corrected chi connectivity index (χ3v) is 5.10. The summed E-state index contributed by atoms with van der Waals surface area (Å²) in [6, 6.07) is 2.42. The number of carbonyl (C=O) groups excluding carboxylic acids is 2. The molecule has 0 aliphatic carbocycles. The standard InChI is InChI=1S/C16H17N3O5S.K/c1-8-2-4-10-13(14(8)21)18-15(25(23)24)11-6-9(3-5-12(17)20)7-19(11)16(10)22;/h2-5,7,11,15,18,21H,6H2,1H3,(H2,17,20)(H,23,24);/q;+1/p-1/b5-3+;. The SMILES string of the molecule is Cc1ccc2c(c1O)NC(S(=O)[O-])C1CC(/C=C/C(N)=O)=CN1C2=O.[K+]. The van der Waals surface area contributed by atoms with E-state index >= 15 is 0 Å². The Morgan fingerprint density at radius 2 is 2.19 bits per heavy atom. The van der Waals surface area contributed by atoms with Crippen LogP contribution >= 0.6 is 0 Å². The molecule has 0 saturated heterocycles. The van der Waals surface area contributed by atoms with Crippen molar-refractivity contribution in [3.05, 3.63) is 47.2 Å². The van der Waals surface area contributed by atoms with Gasteiger partial charge in [0.05, 0.1) is 17.3 Å². The Bertz CT molecular complexity index is 855. The summed E-state index contributed by atoms with van der Waals surface area (Å²) in [6.45, 7) is 1.66. The van der Waals surface area contributed by atoms with Gasteiger partial charge in [-0.25, -0.2) is 0 Å². The van der Waals surface area contributed by atoms with Gasteiger partial charge in [0, 0.05) is 12.3 Å². The maximum Gasteiger partial charge on any atom is 1.00 e. The third kappa shape index (κ3) is 3.96. The first-order valence-electron chi connectivity index (χ1n) is 7.47. The molecule has 0 aromatic heterocycles. The number of rotatable bonds is 3. The zero-order valence-corrected chi connectivity index (χ0v) is 18.2. The fourth-order valence-electron chi connectivity index (χ4n) is 3.00. The minimum Gasteiger partial charge on any atom is -0.771 e. The van der Waals surface area contributed by atoms with Crippen molar-refractivity contribution in [3.8, 4) is 5.75 Å². The smallest absolute Gasteiger partial charge is 0.771 e. The van der Waals surface area contributed by atoms with Gasteiger partial charge in [-0.05, 0) is 41.6 Å². The molecule has 3 atom stereocenters. The van der Waals surface area contributed by atoms with Crippen LogP contribution in [0.15, 0.2) is 36.1 Å². The molecule has 2 heterocycles. The number of primary amides is 1. The molecule has 0 fully saturated rings. The average Bonchev–Trinajstić information content (AvgIpc) is 2.92. The van der Waals surface area contributed by atoms with Crippen molar-refractivity contribution < 1.29 is 74.8 Å². The van der Waals surface area contributed by atoms with Crippen LogP contribution in [0.3, 0.4) is 0 Å². The first-order valence-corrected chi connectivity index (χ1v) is 8.61. The number of hydrogen-bond donors (Lipinski definition) is 3. The third-order valence-electron chi connectivity index (χ3n) is 4.26. The van der Waals surface area contributed by atoms with E-state index in [-0.39, 0.29) is 74.8 Å². The number of nitrogens with zero attached hydrogens (tertiary/aromatic N) is 1. The van der Waals surface area contributed by atoms with Crippen molar-refractivity contribution >= 4 is 28.6 Å². The number of phenolic OH excluding ortho intramolecular Hbond substituents is 1. The molecule has 2 aliphatic rings. The molecular weight excluding hydrogens is 385 g/mol. The Hall–Kier alpha value is -1.01. The van der Waals surface area contributed by atoms with Gasteiger partial charge in [0.1, 0.15) is 11.1 Å². The molecule has 2 amide bonds. The molecule has 26 heavy (non-hydrogen) atoms. The van der Waals surface area contributed by atoms with E-state index < -0.39 is 34.3 Å². The van der Waals surface area contributed by atoms with Crippen LogP contribution in [-0.2, 0) is 15.9 Å². The Morgan fingerprint density at radius 1 is 1.50 bits per heavy atom. The summed E-state index contributed by atoms with van der Waals surface area (Å²) in [6.07, 6.45) is 4.35. The van der Waals surface area contributed by atoms with E-state index in [0.717, 1.165) is 6.08 Å². The number of amides is 2. The van der Waals surface area contributed by atoms with E-state index in [2.05, 4.69) is 5.32 Å². The van der Waals surface area contributed by atoms with Crippen LogP contribution in [0.2, 0.25) is 0 Å². The number of anilines is 1. The van der Waals surface area contributed by atoms with Crippen LogP contribution in [0.25, 0.3) is 0 Å². The predicted octanol–water partition coefficient (Wildman–Crippen LogP) is -2.52. The summed E-state index contributed by atoms with van der Waals surface area (Å²) in [5, 5.41) is 11.9. The van der Waals surface area contributed by atoms with E-state index in [4.69, 9.17) is 5.73 Å². The largest absolute Gasteiger partial charge is 1.00 e.